The molecule has 0 unspecified atom stereocenters. The topological polar surface area (TPSA) is 93.2 Å². The molecular formula is C20H18N4O3. The Hall–Kier alpha value is -3.74. The lowest BCUT2D eigenvalue weighted by Crippen LogP contribution is -2.24. The number of rotatable bonds is 6. The molecule has 2 amide bonds. The van der Waals surface area contributed by atoms with E-state index in [2.05, 4.69) is 20.6 Å². The third-order valence-electron chi connectivity index (χ3n) is 3.77. The Labute approximate surface area is 156 Å². The molecule has 2 N–H and O–H groups in total. The zero-order valence-corrected chi connectivity index (χ0v) is 14.7. The highest BCUT2D eigenvalue weighted by molar-refractivity contribution is 6.06. The molecule has 0 bridgehead atoms. The summed E-state index contributed by atoms with van der Waals surface area (Å²) in [6.07, 6.45) is 4.47. The molecule has 0 spiro atoms. The number of ether oxygens (including phenoxy) is 1. The van der Waals surface area contributed by atoms with Crippen LogP contribution in [0.5, 0.6) is 5.75 Å². The Morgan fingerprint density at radius 2 is 1.74 bits per heavy atom. The Kier molecular flexibility index (Phi) is 5.73. The summed E-state index contributed by atoms with van der Waals surface area (Å²) in [6.45, 7) is 0.289. The maximum absolute atomic E-state index is 12.5. The largest absolute Gasteiger partial charge is 0.495 e. The van der Waals surface area contributed by atoms with Crippen LogP contribution in [0.4, 0.5) is 5.69 Å². The van der Waals surface area contributed by atoms with Crippen LogP contribution in [0.2, 0.25) is 0 Å². The van der Waals surface area contributed by atoms with Crippen LogP contribution < -0.4 is 15.4 Å². The predicted molar refractivity (Wildman–Crippen MR) is 101 cm³/mol. The molecule has 0 aliphatic heterocycles. The molecule has 3 aromatic rings. The van der Waals surface area contributed by atoms with Crippen LogP contribution in [0.15, 0.2) is 67.1 Å². The van der Waals surface area contributed by atoms with Gasteiger partial charge in [-0.3, -0.25) is 19.6 Å². The number of carbonyl (C=O) groups excluding carboxylic acids is 2. The van der Waals surface area contributed by atoms with E-state index in [1.165, 1.54) is 25.6 Å². The van der Waals surface area contributed by atoms with Gasteiger partial charge in [-0.25, -0.2) is 0 Å². The highest BCUT2D eigenvalue weighted by Gasteiger charge is 2.13. The van der Waals surface area contributed by atoms with E-state index in [1.54, 1.807) is 30.5 Å². The molecule has 2 aromatic heterocycles. The average Bonchev–Trinajstić information content (AvgIpc) is 2.73. The highest BCUT2D eigenvalue weighted by atomic mass is 16.5. The first-order valence-corrected chi connectivity index (χ1v) is 8.25. The van der Waals surface area contributed by atoms with Crippen LogP contribution in [0.1, 0.15) is 26.4 Å². The van der Waals surface area contributed by atoms with Crippen LogP contribution in [0.3, 0.4) is 0 Å². The van der Waals surface area contributed by atoms with Gasteiger partial charge >= 0.3 is 0 Å². The van der Waals surface area contributed by atoms with Crippen molar-refractivity contribution >= 4 is 17.5 Å². The van der Waals surface area contributed by atoms with E-state index in [4.69, 9.17) is 4.74 Å². The van der Waals surface area contributed by atoms with Crippen molar-refractivity contribution in [3.63, 3.8) is 0 Å². The number of aromatic nitrogens is 2. The van der Waals surface area contributed by atoms with Crippen molar-refractivity contribution in [2.24, 2.45) is 0 Å². The highest BCUT2D eigenvalue weighted by Crippen LogP contribution is 2.23. The van der Waals surface area contributed by atoms with Gasteiger partial charge in [-0.1, -0.05) is 18.2 Å². The molecule has 1 aromatic carbocycles. The fraction of sp³-hybridized carbons (Fsp3) is 0.100. The van der Waals surface area contributed by atoms with Crippen molar-refractivity contribution in [1.29, 1.82) is 0 Å². The number of nitrogens with zero attached hydrogens (tertiary/aromatic N) is 2. The molecule has 0 saturated carbocycles. The van der Waals surface area contributed by atoms with Crippen LogP contribution in [0.25, 0.3) is 0 Å². The van der Waals surface area contributed by atoms with Gasteiger partial charge in [0.15, 0.2) is 0 Å². The van der Waals surface area contributed by atoms with Crippen molar-refractivity contribution < 1.29 is 14.3 Å². The summed E-state index contributed by atoms with van der Waals surface area (Å²) in [6, 6.07) is 14.0. The van der Waals surface area contributed by atoms with E-state index in [9.17, 15) is 9.59 Å². The van der Waals surface area contributed by atoms with Crippen LogP contribution in [0, 0.1) is 0 Å². The van der Waals surface area contributed by atoms with Gasteiger partial charge in [-0.15, -0.1) is 0 Å². The van der Waals surface area contributed by atoms with Gasteiger partial charge in [0.2, 0.25) is 0 Å². The second-order valence-electron chi connectivity index (χ2n) is 5.62. The van der Waals surface area contributed by atoms with Gasteiger partial charge in [0.05, 0.1) is 36.2 Å². The molecule has 136 valence electrons. The van der Waals surface area contributed by atoms with Crippen LogP contribution >= 0.6 is 0 Å². The molecular weight excluding hydrogens is 344 g/mol. The summed E-state index contributed by atoms with van der Waals surface area (Å²) in [7, 11) is 1.53. The second-order valence-corrected chi connectivity index (χ2v) is 5.62. The van der Waals surface area contributed by atoms with Crippen molar-refractivity contribution in [2.45, 2.75) is 6.54 Å². The van der Waals surface area contributed by atoms with E-state index in [-0.39, 0.29) is 23.9 Å². The number of carbonyl (C=O) groups is 2. The molecule has 0 aliphatic rings. The van der Waals surface area contributed by atoms with Crippen LogP contribution in [-0.4, -0.2) is 28.9 Å². The fourth-order valence-corrected chi connectivity index (χ4v) is 2.41. The lowest BCUT2D eigenvalue weighted by atomic mass is 10.1. The normalized spacial score (nSPS) is 10.1. The maximum atomic E-state index is 12.5. The van der Waals surface area contributed by atoms with Gasteiger partial charge in [-0.05, 0) is 30.3 Å². The molecule has 0 aliphatic carbocycles. The van der Waals surface area contributed by atoms with Gasteiger partial charge < -0.3 is 15.4 Å². The van der Waals surface area contributed by atoms with Gasteiger partial charge in [0.25, 0.3) is 11.8 Å². The zero-order valence-electron chi connectivity index (χ0n) is 14.7. The number of hydrogen-bond acceptors (Lipinski definition) is 5. The lowest BCUT2D eigenvalue weighted by Gasteiger charge is -2.10. The van der Waals surface area contributed by atoms with E-state index in [1.807, 2.05) is 18.2 Å². The third-order valence-corrected chi connectivity index (χ3v) is 3.77. The van der Waals surface area contributed by atoms with E-state index < -0.39 is 0 Å². The Balaban J connectivity index is 1.69. The monoisotopic (exact) mass is 362 g/mol. The number of hydrogen-bond donors (Lipinski definition) is 2. The second kappa shape index (κ2) is 8.57. The van der Waals surface area contributed by atoms with Crippen LogP contribution in [-0.2, 0) is 6.54 Å². The Morgan fingerprint density at radius 3 is 2.48 bits per heavy atom. The number of para-hydroxylation sites is 2. The Morgan fingerprint density at radius 1 is 1.00 bits per heavy atom. The average molecular weight is 362 g/mol. The van der Waals surface area contributed by atoms with Crippen molar-refractivity contribution in [1.82, 2.24) is 15.3 Å². The molecule has 27 heavy (non-hydrogen) atoms. The minimum Gasteiger partial charge on any atom is -0.495 e. The Bertz CT molecular complexity index is 945. The first-order valence-electron chi connectivity index (χ1n) is 8.25. The summed E-state index contributed by atoms with van der Waals surface area (Å²) in [4.78, 5) is 33.0. The maximum Gasteiger partial charge on any atom is 0.257 e. The molecule has 7 heteroatoms. The van der Waals surface area contributed by atoms with E-state index in [0.29, 0.717) is 17.0 Å². The first-order chi connectivity index (χ1) is 13.2. The van der Waals surface area contributed by atoms with Crippen molar-refractivity contribution in [3.05, 3.63) is 83.9 Å². The number of pyridine rings is 2. The van der Waals surface area contributed by atoms with Gasteiger partial charge in [-0.2, -0.15) is 0 Å². The van der Waals surface area contributed by atoms with E-state index >= 15 is 0 Å². The number of amides is 2. The standard InChI is InChI=1S/C20H18N4O3/c1-27-18-8-3-2-7-17(18)24-20(26)15-10-14(11-21-12-15)19(25)23-13-16-6-4-5-9-22-16/h2-12H,13H2,1H3,(H,23,25)(H,24,26). The summed E-state index contributed by atoms with van der Waals surface area (Å²) in [5, 5.41) is 5.51. The molecule has 0 atom stereocenters. The number of methoxy groups -OCH3 is 1. The quantitative estimate of drug-likeness (QED) is 0.703. The van der Waals surface area contributed by atoms with E-state index in [0.717, 1.165) is 5.69 Å². The molecule has 0 radical (unpaired) electrons. The third kappa shape index (κ3) is 4.66. The molecule has 7 nitrogen and oxygen atoms in total. The fourth-order valence-electron chi connectivity index (χ4n) is 2.41. The smallest absolute Gasteiger partial charge is 0.257 e. The summed E-state index contributed by atoms with van der Waals surface area (Å²) in [5.74, 6) is -0.172. The van der Waals surface area contributed by atoms with Gasteiger partial charge in [0, 0.05) is 18.6 Å². The lowest BCUT2D eigenvalue weighted by molar-refractivity contribution is 0.0950. The summed E-state index contributed by atoms with van der Waals surface area (Å²) >= 11 is 0. The number of nitrogens with one attached hydrogen (secondary N) is 2. The SMILES string of the molecule is COc1ccccc1NC(=O)c1cncc(C(=O)NCc2ccccn2)c1. The van der Waals surface area contributed by atoms with Crippen molar-refractivity contribution in [3.8, 4) is 5.75 Å². The minimum atomic E-state index is -0.383. The molecule has 3 rings (SSSR count). The molecule has 2 heterocycles. The molecule has 0 saturated heterocycles. The molecule has 0 fully saturated rings. The van der Waals surface area contributed by atoms with Gasteiger partial charge in [0.1, 0.15) is 5.75 Å². The first kappa shape index (κ1) is 18.1. The number of anilines is 1. The minimum absolute atomic E-state index is 0.270. The summed E-state index contributed by atoms with van der Waals surface area (Å²) < 4.78 is 5.22. The summed E-state index contributed by atoms with van der Waals surface area (Å²) in [5.41, 5.74) is 1.84. The zero-order chi connectivity index (χ0) is 19.1. The number of benzene rings is 1. The predicted octanol–water partition coefficient (Wildman–Crippen LogP) is 2.67. The van der Waals surface area contributed by atoms with Crippen molar-refractivity contribution in [2.75, 3.05) is 12.4 Å².